The molecule has 0 unspecified atom stereocenters. The van der Waals surface area contributed by atoms with Gasteiger partial charge in [-0.2, -0.15) is 0 Å². The van der Waals surface area contributed by atoms with Crippen molar-refractivity contribution in [3.63, 3.8) is 0 Å². The molecule has 0 saturated carbocycles. The van der Waals surface area contributed by atoms with Crippen molar-refractivity contribution in [1.82, 2.24) is 9.55 Å². The first-order chi connectivity index (χ1) is 7.75. The van der Waals surface area contributed by atoms with Gasteiger partial charge in [0.1, 0.15) is 5.75 Å². The van der Waals surface area contributed by atoms with Crippen molar-refractivity contribution in [3.05, 3.63) is 48.5 Å². The maximum Gasteiger partial charge on any atom is 0.164 e. The van der Waals surface area contributed by atoms with E-state index in [1.165, 1.54) is 12.1 Å². The molecule has 0 fully saturated rings. The van der Waals surface area contributed by atoms with Crippen molar-refractivity contribution in [1.29, 1.82) is 0 Å². The van der Waals surface area contributed by atoms with Crippen molar-refractivity contribution in [2.45, 2.75) is 13.0 Å². The number of Topliss-reactive ketones (excluding diaryl/α,β-unsaturated/α-hetero) is 1. The van der Waals surface area contributed by atoms with Crippen molar-refractivity contribution in [2.75, 3.05) is 0 Å². The van der Waals surface area contributed by atoms with Gasteiger partial charge in [-0.1, -0.05) is 0 Å². The topological polar surface area (TPSA) is 55.1 Å². The molecule has 0 radical (unpaired) electrons. The SMILES string of the molecule is O=C(CCn1ccnc1)c1ccc(O)cc1. The van der Waals surface area contributed by atoms with E-state index in [-0.39, 0.29) is 11.5 Å². The number of aromatic hydroxyl groups is 1. The van der Waals surface area contributed by atoms with Crippen LogP contribution in [-0.4, -0.2) is 20.4 Å². The molecule has 4 nitrogen and oxygen atoms in total. The second-order valence-corrected chi connectivity index (χ2v) is 3.52. The highest BCUT2D eigenvalue weighted by atomic mass is 16.3. The fraction of sp³-hybridized carbons (Fsp3) is 0.167. The fourth-order valence-corrected chi connectivity index (χ4v) is 1.44. The number of phenols is 1. The third kappa shape index (κ3) is 2.48. The minimum Gasteiger partial charge on any atom is -0.508 e. The van der Waals surface area contributed by atoms with Crippen LogP contribution in [0.2, 0.25) is 0 Å². The number of phenolic OH excluding ortho intramolecular Hbond substituents is 1. The van der Waals surface area contributed by atoms with Crippen molar-refractivity contribution >= 4 is 5.78 Å². The molecule has 1 aromatic heterocycles. The number of hydrogen-bond donors (Lipinski definition) is 1. The molecule has 0 spiro atoms. The average molecular weight is 216 g/mol. The number of aryl methyl sites for hydroxylation is 1. The molecular weight excluding hydrogens is 204 g/mol. The van der Waals surface area contributed by atoms with Crippen LogP contribution in [0.5, 0.6) is 5.75 Å². The highest BCUT2D eigenvalue weighted by Crippen LogP contribution is 2.11. The van der Waals surface area contributed by atoms with Gasteiger partial charge in [-0.15, -0.1) is 0 Å². The molecule has 0 atom stereocenters. The van der Waals surface area contributed by atoms with E-state index in [4.69, 9.17) is 5.11 Å². The predicted molar refractivity (Wildman–Crippen MR) is 59.3 cm³/mol. The van der Waals surface area contributed by atoms with Crippen LogP contribution >= 0.6 is 0 Å². The van der Waals surface area contributed by atoms with Crippen molar-refractivity contribution in [3.8, 4) is 5.75 Å². The number of benzene rings is 1. The molecule has 2 aromatic rings. The van der Waals surface area contributed by atoms with Gasteiger partial charge in [0.05, 0.1) is 6.33 Å². The Bertz CT molecular complexity index is 460. The molecule has 4 heteroatoms. The lowest BCUT2D eigenvalue weighted by molar-refractivity contribution is 0.0977. The first-order valence-electron chi connectivity index (χ1n) is 5.04. The van der Waals surface area contributed by atoms with E-state index in [0.717, 1.165) is 0 Å². The van der Waals surface area contributed by atoms with E-state index in [2.05, 4.69) is 4.98 Å². The van der Waals surface area contributed by atoms with Gasteiger partial charge in [0.15, 0.2) is 5.78 Å². The van der Waals surface area contributed by atoms with Crippen LogP contribution in [0.1, 0.15) is 16.8 Å². The molecule has 0 saturated heterocycles. The summed E-state index contributed by atoms with van der Waals surface area (Å²) in [4.78, 5) is 15.6. The molecule has 0 bridgehead atoms. The van der Waals surface area contributed by atoms with Crippen LogP contribution in [-0.2, 0) is 6.54 Å². The molecule has 1 aromatic carbocycles. The van der Waals surface area contributed by atoms with Crippen molar-refractivity contribution < 1.29 is 9.90 Å². The van der Waals surface area contributed by atoms with Gasteiger partial charge < -0.3 is 9.67 Å². The number of imidazole rings is 1. The Balaban J connectivity index is 1.95. The molecule has 0 aliphatic heterocycles. The van der Waals surface area contributed by atoms with E-state index < -0.39 is 0 Å². The summed E-state index contributed by atoms with van der Waals surface area (Å²) >= 11 is 0. The lowest BCUT2D eigenvalue weighted by Crippen LogP contribution is -2.04. The largest absolute Gasteiger partial charge is 0.508 e. The van der Waals surface area contributed by atoms with Crippen LogP contribution in [0.15, 0.2) is 43.0 Å². The summed E-state index contributed by atoms with van der Waals surface area (Å²) in [6, 6.07) is 6.30. The fourth-order valence-electron chi connectivity index (χ4n) is 1.44. The van der Waals surface area contributed by atoms with E-state index >= 15 is 0 Å². The third-order valence-corrected chi connectivity index (χ3v) is 2.35. The van der Waals surface area contributed by atoms with Crippen molar-refractivity contribution in [2.24, 2.45) is 0 Å². The van der Waals surface area contributed by atoms with E-state index in [1.807, 2.05) is 10.8 Å². The number of nitrogens with zero attached hydrogens (tertiary/aromatic N) is 2. The zero-order valence-corrected chi connectivity index (χ0v) is 8.71. The molecule has 0 amide bonds. The Morgan fingerprint density at radius 1 is 1.31 bits per heavy atom. The van der Waals surface area contributed by atoms with Gasteiger partial charge >= 0.3 is 0 Å². The predicted octanol–water partition coefficient (Wildman–Crippen LogP) is 1.86. The van der Waals surface area contributed by atoms with E-state index in [1.54, 1.807) is 24.7 Å². The van der Waals surface area contributed by atoms with E-state index in [9.17, 15) is 4.79 Å². The minimum atomic E-state index is 0.0636. The normalized spacial score (nSPS) is 10.2. The van der Waals surface area contributed by atoms with Gasteiger partial charge in [-0.25, -0.2) is 4.98 Å². The summed E-state index contributed by atoms with van der Waals surface area (Å²) in [5, 5.41) is 9.09. The molecule has 1 N–H and O–H groups in total. The number of rotatable bonds is 4. The zero-order valence-electron chi connectivity index (χ0n) is 8.71. The molecule has 0 aliphatic carbocycles. The average Bonchev–Trinajstić information content (AvgIpc) is 2.80. The molecule has 2 rings (SSSR count). The molecule has 1 heterocycles. The van der Waals surface area contributed by atoms with Crippen LogP contribution in [0.25, 0.3) is 0 Å². The van der Waals surface area contributed by atoms with Crippen LogP contribution < -0.4 is 0 Å². The first-order valence-corrected chi connectivity index (χ1v) is 5.04. The second kappa shape index (κ2) is 4.61. The second-order valence-electron chi connectivity index (χ2n) is 3.52. The summed E-state index contributed by atoms with van der Waals surface area (Å²) in [5.74, 6) is 0.236. The summed E-state index contributed by atoms with van der Waals surface area (Å²) in [6.45, 7) is 0.625. The minimum absolute atomic E-state index is 0.0636. The summed E-state index contributed by atoms with van der Waals surface area (Å²) in [5.41, 5.74) is 0.623. The molecule has 16 heavy (non-hydrogen) atoms. The monoisotopic (exact) mass is 216 g/mol. The number of carbonyl (C=O) groups excluding carboxylic acids is 1. The summed E-state index contributed by atoms with van der Waals surface area (Å²) in [7, 11) is 0. The van der Waals surface area contributed by atoms with Crippen LogP contribution in [0.3, 0.4) is 0 Å². The van der Waals surface area contributed by atoms with Crippen LogP contribution in [0.4, 0.5) is 0 Å². The van der Waals surface area contributed by atoms with E-state index in [0.29, 0.717) is 18.5 Å². The summed E-state index contributed by atoms with van der Waals surface area (Å²) < 4.78 is 1.86. The zero-order chi connectivity index (χ0) is 11.4. The molecule has 0 aliphatic rings. The maximum atomic E-state index is 11.7. The lowest BCUT2D eigenvalue weighted by atomic mass is 10.1. The summed E-state index contributed by atoms with van der Waals surface area (Å²) in [6.07, 6.45) is 5.63. The van der Waals surface area contributed by atoms with Crippen LogP contribution in [0, 0.1) is 0 Å². The number of aromatic nitrogens is 2. The van der Waals surface area contributed by atoms with Gasteiger partial charge in [0, 0.05) is 30.9 Å². The Hall–Kier alpha value is -2.10. The Labute approximate surface area is 93.2 Å². The Morgan fingerprint density at radius 2 is 2.06 bits per heavy atom. The van der Waals surface area contributed by atoms with Gasteiger partial charge in [0.25, 0.3) is 0 Å². The Morgan fingerprint density at radius 3 is 2.69 bits per heavy atom. The maximum absolute atomic E-state index is 11.7. The quantitative estimate of drug-likeness (QED) is 0.793. The number of hydrogen-bond acceptors (Lipinski definition) is 3. The highest BCUT2D eigenvalue weighted by molar-refractivity contribution is 5.96. The third-order valence-electron chi connectivity index (χ3n) is 2.35. The Kier molecular flexibility index (Phi) is 3.00. The van der Waals surface area contributed by atoms with Gasteiger partial charge in [-0.3, -0.25) is 4.79 Å². The first kappa shape index (κ1) is 10.4. The standard InChI is InChI=1S/C12H12N2O2/c15-11-3-1-10(2-4-11)12(16)5-7-14-8-6-13-9-14/h1-4,6,8-9,15H,5,7H2. The molecule has 82 valence electrons. The molecular formula is C12H12N2O2. The number of carbonyl (C=O) groups is 1. The highest BCUT2D eigenvalue weighted by Gasteiger charge is 2.05. The lowest BCUT2D eigenvalue weighted by Gasteiger charge is -2.02. The number of ketones is 1. The van der Waals surface area contributed by atoms with Gasteiger partial charge in [0.2, 0.25) is 0 Å². The van der Waals surface area contributed by atoms with Gasteiger partial charge in [-0.05, 0) is 24.3 Å². The smallest absolute Gasteiger partial charge is 0.164 e.